The fraction of sp³-hybridized carbons (Fsp3) is 0.467. The van der Waals surface area contributed by atoms with E-state index < -0.39 is 0 Å². The molecule has 1 heterocycles. The summed E-state index contributed by atoms with van der Waals surface area (Å²) in [5.41, 5.74) is 3.61. The largest absolute Gasteiger partial charge is 0.508 e. The second-order valence-electron chi connectivity index (χ2n) is 5.46. The smallest absolute Gasteiger partial charge is 0.227 e. The van der Waals surface area contributed by atoms with Gasteiger partial charge < -0.3 is 14.9 Å². The van der Waals surface area contributed by atoms with E-state index in [9.17, 15) is 5.11 Å². The number of benzene rings is 1. The fourth-order valence-electron chi connectivity index (χ4n) is 3.19. The topological polar surface area (TPSA) is 71.2 Å². The molecule has 2 atom stereocenters. The molecule has 1 aliphatic carbocycles. The number of aromatic hydroxyl groups is 1. The predicted octanol–water partition coefficient (Wildman–Crippen LogP) is 2.46. The van der Waals surface area contributed by atoms with Crippen LogP contribution >= 0.6 is 0 Å². The summed E-state index contributed by atoms with van der Waals surface area (Å²) in [7, 11) is 0. The second kappa shape index (κ2) is 5.25. The van der Waals surface area contributed by atoms with Crippen molar-refractivity contribution >= 4 is 0 Å². The maximum atomic E-state index is 10.1. The minimum atomic E-state index is 0.197. The first kappa shape index (κ1) is 13.1. The van der Waals surface area contributed by atoms with Gasteiger partial charge in [-0.1, -0.05) is 18.1 Å². The minimum absolute atomic E-state index is 0.197. The monoisotopic (exact) mass is 273 g/mol. The van der Waals surface area contributed by atoms with Gasteiger partial charge in [-0.3, -0.25) is 0 Å². The maximum absolute atomic E-state index is 10.1. The third-order valence-corrected chi connectivity index (χ3v) is 4.05. The average molecular weight is 273 g/mol. The van der Waals surface area contributed by atoms with Crippen molar-refractivity contribution in [1.82, 2.24) is 15.5 Å². The molecular formula is C15H19N3O2. The molecule has 20 heavy (non-hydrogen) atoms. The van der Waals surface area contributed by atoms with Gasteiger partial charge in [-0.15, -0.1) is 0 Å². The Bertz CT molecular complexity index is 595. The zero-order chi connectivity index (χ0) is 14.1. The Balaban J connectivity index is 1.73. The van der Waals surface area contributed by atoms with Crippen LogP contribution in [0.15, 0.2) is 23.0 Å². The van der Waals surface area contributed by atoms with Gasteiger partial charge in [0, 0.05) is 24.6 Å². The Morgan fingerprint density at radius 2 is 2.25 bits per heavy atom. The quantitative estimate of drug-likeness (QED) is 0.895. The van der Waals surface area contributed by atoms with Crippen LogP contribution in [-0.4, -0.2) is 21.8 Å². The van der Waals surface area contributed by atoms with Crippen molar-refractivity contribution in [2.75, 3.05) is 6.54 Å². The fourth-order valence-corrected chi connectivity index (χ4v) is 3.19. The second-order valence-corrected chi connectivity index (χ2v) is 5.46. The van der Waals surface area contributed by atoms with E-state index in [1.54, 1.807) is 6.07 Å². The molecule has 1 aromatic heterocycles. The van der Waals surface area contributed by atoms with E-state index in [0.717, 1.165) is 18.5 Å². The van der Waals surface area contributed by atoms with Crippen LogP contribution < -0.4 is 5.32 Å². The Kier molecular flexibility index (Phi) is 3.44. The van der Waals surface area contributed by atoms with Crippen molar-refractivity contribution in [2.24, 2.45) is 0 Å². The number of aromatic nitrogens is 2. The van der Waals surface area contributed by atoms with Gasteiger partial charge in [-0.25, -0.2) is 0 Å². The maximum Gasteiger partial charge on any atom is 0.227 e. The van der Waals surface area contributed by atoms with Gasteiger partial charge in [0.1, 0.15) is 5.75 Å². The summed E-state index contributed by atoms with van der Waals surface area (Å²) in [6.07, 6.45) is 3.13. The van der Waals surface area contributed by atoms with Gasteiger partial charge in [-0.2, -0.15) is 4.98 Å². The van der Waals surface area contributed by atoms with E-state index in [0.29, 0.717) is 24.0 Å². The summed E-state index contributed by atoms with van der Waals surface area (Å²) in [6.45, 7) is 5.08. The van der Waals surface area contributed by atoms with Gasteiger partial charge in [-0.05, 0) is 36.5 Å². The van der Waals surface area contributed by atoms with E-state index in [4.69, 9.17) is 4.52 Å². The first-order valence-electron chi connectivity index (χ1n) is 6.98. The summed E-state index contributed by atoms with van der Waals surface area (Å²) < 4.78 is 4.98. The number of nitrogens with zero attached hydrogens (tertiary/aromatic N) is 2. The molecule has 0 amide bonds. The van der Waals surface area contributed by atoms with Crippen LogP contribution in [0.1, 0.15) is 47.9 Å². The summed E-state index contributed by atoms with van der Waals surface area (Å²) in [5, 5.41) is 17.2. The zero-order valence-electron chi connectivity index (χ0n) is 11.8. The van der Waals surface area contributed by atoms with Crippen LogP contribution in [0.2, 0.25) is 0 Å². The lowest BCUT2D eigenvalue weighted by atomic mass is 9.97. The molecule has 0 aliphatic heterocycles. The molecule has 3 rings (SSSR count). The van der Waals surface area contributed by atoms with Crippen LogP contribution in [0, 0.1) is 6.92 Å². The Hall–Kier alpha value is -1.88. The molecule has 1 aromatic carbocycles. The number of nitrogens with one attached hydrogen (secondary N) is 1. The van der Waals surface area contributed by atoms with Gasteiger partial charge >= 0.3 is 0 Å². The molecule has 5 heteroatoms. The predicted molar refractivity (Wildman–Crippen MR) is 74.6 cm³/mol. The lowest BCUT2D eigenvalue weighted by Gasteiger charge is -2.15. The third kappa shape index (κ3) is 2.29. The summed E-state index contributed by atoms with van der Waals surface area (Å²) >= 11 is 0. The summed E-state index contributed by atoms with van der Waals surface area (Å²) in [6, 6.07) is 3.98. The summed E-state index contributed by atoms with van der Waals surface area (Å²) in [5.74, 6) is 1.50. The molecule has 0 radical (unpaired) electrons. The first-order chi connectivity index (χ1) is 9.66. The van der Waals surface area contributed by atoms with Crippen LogP contribution in [0.3, 0.4) is 0 Å². The average Bonchev–Trinajstić information content (AvgIpc) is 3.03. The van der Waals surface area contributed by atoms with E-state index >= 15 is 0 Å². The molecule has 0 saturated heterocycles. The van der Waals surface area contributed by atoms with Crippen molar-refractivity contribution in [3.05, 3.63) is 41.0 Å². The molecule has 0 spiro atoms. The number of fused-ring (bicyclic) bond motifs is 1. The number of rotatable bonds is 4. The number of aryl methyl sites for hydroxylation is 1. The SMILES string of the molecule is Cc1ccc(O)c2c1C(C)CC2NCCc1ncno1. The minimum Gasteiger partial charge on any atom is -0.508 e. The highest BCUT2D eigenvalue weighted by Crippen LogP contribution is 2.45. The Labute approximate surface area is 118 Å². The number of phenolic OH excluding ortho intramolecular Hbond substituents is 1. The van der Waals surface area contributed by atoms with Crippen molar-refractivity contribution in [3.8, 4) is 5.75 Å². The lowest BCUT2D eigenvalue weighted by Crippen LogP contribution is -2.22. The Morgan fingerprint density at radius 1 is 1.40 bits per heavy atom. The number of hydrogen-bond donors (Lipinski definition) is 2. The highest BCUT2D eigenvalue weighted by molar-refractivity contribution is 5.50. The lowest BCUT2D eigenvalue weighted by molar-refractivity contribution is 0.370. The highest BCUT2D eigenvalue weighted by Gasteiger charge is 2.31. The van der Waals surface area contributed by atoms with Gasteiger partial charge in [0.15, 0.2) is 6.33 Å². The molecule has 2 unspecified atom stereocenters. The number of phenols is 1. The first-order valence-corrected chi connectivity index (χ1v) is 6.98. The molecule has 1 aliphatic rings. The molecular weight excluding hydrogens is 254 g/mol. The van der Waals surface area contributed by atoms with E-state index in [2.05, 4.69) is 29.3 Å². The molecule has 106 valence electrons. The van der Waals surface area contributed by atoms with E-state index in [1.807, 2.05) is 6.07 Å². The van der Waals surface area contributed by atoms with Gasteiger partial charge in [0.2, 0.25) is 5.89 Å². The highest BCUT2D eigenvalue weighted by atomic mass is 16.5. The molecule has 5 nitrogen and oxygen atoms in total. The van der Waals surface area contributed by atoms with Crippen molar-refractivity contribution < 1.29 is 9.63 Å². The van der Waals surface area contributed by atoms with Crippen LogP contribution in [0.4, 0.5) is 0 Å². The van der Waals surface area contributed by atoms with Crippen LogP contribution in [0.25, 0.3) is 0 Å². The van der Waals surface area contributed by atoms with E-state index in [-0.39, 0.29) is 6.04 Å². The van der Waals surface area contributed by atoms with Crippen molar-refractivity contribution in [2.45, 2.75) is 38.6 Å². The van der Waals surface area contributed by atoms with Gasteiger partial charge in [0.05, 0.1) is 0 Å². The summed E-state index contributed by atoms with van der Waals surface area (Å²) in [4.78, 5) is 4.00. The molecule has 0 fully saturated rings. The molecule has 2 N–H and O–H groups in total. The normalized spacial score (nSPS) is 21.1. The molecule has 2 aromatic rings. The van der Waals surface area contributed by atoms with Crippen molar-refractivity contribution in [3.63, 3.8) is 0 Å². The number of hydrogen-bond acceptors (Lipinski definition) is 5. The van der Waals surface area contributed by atoms with Crippen LogP contribution in [-0.2, 0) is 6.42 Å². The van der Waals surface area contributed by atoms with Gasteiger partial charge in [0.25, 0.3) is 0 Å². The van der Waals surface area contributed by atoms with E-state index in [1.165, 1.54) is 17.5 Å². The molecule has 0 bridgehead atoms. The molecule has 0 saturated carbocycles. The van der Waals surface area contributed by atoms with Crippen molar-refractivity contribution in [1.29, 1.82) is 0 Å². The zero-order valence-corrected chi connectivity index (χ0v) is 11.8. The standard InChI is InChI=1S/C15H19N3O2/c1-9-3-4-12(19)15-11(7-10(2)14(9)15)16-6-5-13-17-8-18-20-13/h3-4,8,10-11,16,19H,5-7H2,1-2H3. The Morgan fingerprint density at radius 3 is 3.00 bits per heavy atom. The van der Waals surface area contributed by atoms with Crippen LogP contribution in [0.5, 0.6) is 5.75 Å². The third-order valence-electron chi connectivity index (χ3n) is 4.05.